The van der Waals surface area contributed by atoms with E-state index in [1.54, 1.807) is 12.4 Å². The first kappa shape index (κ1) is 16.0. The van der Waals surface area contributed by atoms with Crippen LogP contribution >= 0.6 is 0 Å². The molecular weight excluding hydrogens is 328 g/mol. The molecule has 2 aromatic rings. The highest BCUT2D eigenvalue weighted by atomic mass is 16.5. The summed E-state index contributed by atoms with van der Waals surface area (Å²) in [5.41, 5.74) is 0.862. The van der Waals surface area contributed by atoms with Crippen LogP contribution in [0.1, 0.15) is 45.4 Å². The Kier molecular flexibility index (Phi) is 3.30. The van der Waals surface area contributed by atoms with Gasteiger partial charge >= 0.3 is 0 Å². The fourth-order valence-electron chi connectivity index (χ4n) is 4.95. The molecule has 3 atom stereocenters. The Morgan fingerprint density at radius 3 is 2.96 bits per heavy atom. The van der Waals surface area contributed by atoms with Crippen LogP contribution in [0, 0.1) is 17.3 Å². The number of nitrogens with zero attached hydrogens (tertiary/aromatic N) is 4. The SMILES string of the molecule is CC1(C)C[C@@H]1C(=O)N1C[C@H]2CCC[C@@]2(c2nc(-c3cccnc3)no2)C1. The third-order valence-corrected chi connectivity index (χ3v) is 6.77. The molecule has 1 aliphatic heterocycles. The normalized spacial score (nSPS) is 31.8. The minimum atomic E-state index is -0.165. The molecule has 6 heteroatoms. The van der Waals surface area contributed by atoms with Gasteiger partial charge in [0.05, 0.1) is 5.41 Å². The van der Waals surface area contributed by atoms with Crippen molar-refractivity contribution in [1.82, 2.24) is 20.0 Å². The second-order valence-corrected chi connectivity index (χ2v) is 8.87. The molecule has 0 bridgehead atoms. The van der Waals surface area contributed by atoms with Crippen LogP contribution in [0.25, 0.3) is 11.4 Å². The Morgan fingerprint density at radius 1 is 1.38 bits per heavy atom. The number of likely N-dealkylation sites (tertiary alicyclic amines) is 1. The monoisotopic (exact) mass is 352 g/mol. The largest absolute Gasteiger partial charge is 0.341 e. The van der Waals surface area contributed by atoms with E-state index in [1.807, 2.05) is 12.1 Å². The summed E-state index contributed by atoms with van der Waals surface area (Å²) < 4.78 is 5.73. The predicted molar refractivity (Wildman–Crippen MR) is 95.0 cm³/mol. The molecule has 0 N–H and O–H groups in total. The number of pyridine rings is 1. The highest BCUT2D eigenvalue weighted by molar-refractivity contribution is 5.83. The molecule has 2 saturated carbocycles. The lowest BCUT2D eigenvalue weighted by Crippen LogP contribution is -2.36. The first-order valence-corrected chi connectivity index (χ1v) is 9.53. The van der Waals surface area contributed by atoms with Crippen molar-refractivity contribution in [3.63, 3.8) is 0 Å². The number of aromatic nitrogens is 3. The van der Waals surface area contributed by atoms with Gasteiger partial charge < -0.3 is 9.42 Å². The van der Waals surface area contributed by atoms with Gasteiger partial charge in [-0.1, -0.05) is 25.4 Å². The average Bonchev–Trinajstić information content (AvgIpc) is 3.07. The van der Waals surface area contributed by atoms with Gasteiger partial charge in [-0.3, -0.25) is 9.78 Å². The number of hydrogen-bond donors (Lipinski definition) is 0. The molecule has 0 unspecified atom stereocenters. The summed E-state index contributed by atoms with van der Waals surface area (Å²) in [6.07, 6.45) is 7.79. The smallest absolute Gasteiger partial charge is 0.235 e. The Bertz CT molecular complexity index is 847. The molecule has 0 radical (unpaired) electrons. The molecule has 2 aliphatic carbocycles. The summed E-state index contributed by atoms with van der Waals surface area (Å²) in [7, 11) is 0. The van der Waals surface area contributed by atoms with Crippen molar-refractivity contribution in [2.24, 2.45) is 17.3 Å². The number of rotatable bonds is 3. The number of hydrogen-bond acceptors (Lipinski definition) is 5. The maximum Gasteiger partial charge on any atom is 0.235 e. The van der Waals surface area contributed by atoms with Gasteiger partial charge in [-0.15, -0.1) is 0 Å². The number of carbonyl (C=O) groups is 1. The predicted octanol–water partition coefficient (Wildman–Crippen LogP) is 3.06. The second-order valence-electron chi connectivity index (χ2n) is 8.87. The molecule has 136 valence electrons. The molecule has 6 nitrogen and oxygen atoms in total. The Labute approximate surface area is 153 Å². The van der Waals surface area contributed by atoms with E-state index in [4.69, 9.17) is 9.51 Å². The third kappa shape index (κ3) is 2.31. The third-order valence-electron chi connectivity index (χ3n) is 6.77. The molecule has 2 aromatic heterocycles. The number of fused-ring (bicyclic) bond motifs is 1. The fraction of sp³-hybridized carbons (Fsp3) is 0.600. The zero-order chi connectivity index (χ0) is 17.9. The molecule has 1 saturated heterocycles. The first-order chi connectivity index (χ1) is 12.5. The lowest BCUT2D eigenvalue weighted by Gasteiger charge is -2.24. The highest BCUT2D eigenvalue weighted by Gasteiger charge is 2.59. The first-order valence-electron chi connectivity index (χ1n) is 9.53. The average molecular weight is 352 g/mol. The van der Waals surface area contributed by atoms with Gasteiger partial charge in [-0.05, 0) is 42.7 Å². The van der Waals surface area contributed by atoms with Gasteiger partial charge in [0.25, 0.3) is 0 Å². The minimum Gasteiger partial charge on any atom is -0.341 e. The molecule has 5 rings (SSSR count). The molecule has 3 fully saturated rings. The maximum absolute atomic E-state index is 12.9. The van der Waals surface area contributed by atoms with Crippen LogP contribution in [-0.2, 0) is 10.2 Å². The van der Waals surface area contributed by atoms with Crippen molar-refractivity contribution in [3.05, 3.63) is 30.4 Å². The van der Waals surface area contributed by atoms with Crippen molar-refractivity contribution >= 4 is 5.91 Å². The van der Waals surface area contributed by atoms with Crippen molar-refractivity contribution < 1.29 is 9.32 Å². The Hall–Kier alpha value is -2.24. The van der Waals surface area contributed by atoms with E-state index in [1.165, 1.54) is 0 Å². The number of amides is 1. The van der Waals surface area contributed by atoms with Gasteiger partial charge in [0.1, 0.15) is 0 Å². The van der Waals surface area contributed by atoms with Crippen LogP contribution in [0.4, 0.5) is 0 Å². The van der Waals surface area contributed by atoms with Crippen LogP contribution in [0.3, 0.4) is 0 Å². The molecule has 0 spiro atoms. The van der Waals surface area contributed by atoms with Crippen LogP contribution < -0.4 is 0 Å². The molecule has 3 aliphatic rings. The fourth-order valence-corrected chi connectivity index (χ4v) is 4.95. The lowest BCUT2D eigenvalue weighted by atomic mass is 9.80. The summed E-state index contributed by atoms with van der Waals surface area (Å²) >= 11 is 0. The van der Waals surface area contributed by atoms with Crippen LogP contribution in [-0.4, -0.2) is 39.0 Å². The van der Waals surface area contributed by atoms with Gasteiger partial charge in [-0.2, -0.15) is 4.98 Å². The number of carbonyl (C=O) groups excluding carboxylic acids is 1. The van der Waals surface area contributed by atoms with Crippen LogP contribution in [0.5, 0.6) is 0 Å². The topological polar surface area (TPSA) is 72.1 Å². The maximum atomic E-state index is 12.9. The van der Waals surface area contributed by atoms with E-state index < -0.39 is 0 Å². The van der Waals surface area contributed by atoms with Gasteiger partial charge in [0.15, 0.2) is 0 Å². The molecular formula is C20H24N4O2. The van der Waals surface area contributed by atoms with E-state index in [0.29, 0.717) is 23.5 Å². The molecule has 3 heterocycles. The van der Waals surface area contributed by atoms with Crippen molar-refractivity contribution in [1.29, 1.82) is 0 Å². The lowest BCUT2D eigenvalue weighted by molar-refractivity contribution is -0.132. The van der Waals surface area contributed by atoms with E-state index >= 15 is 0 Å². The quantitative estimate of drug-likeness (QED) is 0.849. The molecule has 1 amide bonds. The Morgan fingerprint density at radius 2 is 2.23 bits per heavy atom. The van der Waals surface area contributed by atoms with E-state index in [2.05, 4.69) is 28.9 Å². The zero-order valence-corrected chi connectivity index (χ0v) is 15.3. The van der Waals surface area contributed by atoms with E-state index in [9.17, 15) is 4.79 Å². The van der Waals surface area contributed by atoms with E-state index in [0.717, 1.165) is 44.3 Å². The summed E-state index contributed by atoms with van der Waals surface area (Å²) in [4.78, 5) is 23.8. The summed E-state index contributed by atoms with van der Waals surface area (Å²) in [6, 6.07) is 3.81. The van der Waals surface area contributed by atoms with Crippen molar-refractivity contribution in [2.75, 3.05) is 13.1 Å². The zero-order valence-electron chi connectivity index (χ0n) is 15.3. The summed E-state index contributed by atoms with van der Waals surface area (Å²) in [6.45, 7) is 5.91. The highest BCUT2D eigenvalue weighted by Crippen LogP contribution is 2.55. The molecule has 0 aromatic carbocycles. The van der Waals surface area contributed by atoms with Crippen molar-refractivity contribution in [2.45, 2.75) is 44.9 Å². The van der Waals surface area contributed by atoms with Gasteiger partial charge in [0.2, 0.25) is 17.6 Å². The standard InChI is InChI=1S/C20H24N4O2/c1-19(2)9-15(19)17(25)24-11-14-6-3-7-20(14,12-24)18-22-16(23-26-18)13-5-4-8-21-10-13/h4-5,8,10,14-15H,3,6-7,9,11-12H2,1-2H3/t14-,15-,20-/m1/s1. The molecule has 26 heavy (non-hydrogen) atoms. The summed E-state index contributed by atoms with van der Waals surface area (Å²) in [5, 5.41) is 4.20. The minimum absolute atomic E-state index is 0.165. The van der Waals surface area contributed by atoms with Gasteiger partial charge in [-0.25, -0.2) is 0 Å². The van der Waals surface area contributed by atoms with Crippen LogP contribution in [0.2, 0.25) is 0 Å². The van der Waals surface area contributed by atoms with Crippen molar-refractivity contribution in [3.8, 4) is 11.4 Å². The van der Waals surface area contributed by atoms with Crippen LogP contribution in [0.15, 0.2) is 29.0 Å². The van der Waals surface area contributed by atoms with E-state index in [-0.39, 0.29) is 16.7 Å². The van der Waals surface area contributed by atoms with Gasteiger partial charge in [0, 0.05) is 37.0 Å². The Balaban J connectivity index is 1.42. The second kappa shape index (κ2) is 5.38. The summed E-state index contributed by atoms with van der Waals surface area (Å²) in [5.74, 6) is 2.21.